The fourth-order valence-electron chi connectivity index (χ4n) is 1.30. The molecule has 0 aliphatic carbocycles. The summed E-state index contributed by atoms with van der Waals surface area (Å²) < 4.78 is 0.613. The first-order valence-corrected chi connectivity index (χ1v) is 7.28. The van der Waals surface area contributed by atoms with Gasteiger partial charge in [0.25, 0.3) is 0 Å². The Labute approximate surface area is 107 Å². The second kappa shape index (κ2) is 11.8. The van der Waals surface area contributed by atoms with Crippen LogP contribution in [-0.4, -0.2) is 16.2 Å². The Morgan fingerprint density at radius 2 is 1.50 bits per heavy atom. The smallest absolute Gasteiger partial charge is 0.130 e. The number of thiocarbonyl (C=S) groups is 1. The third kappa shape index (κ3) is 12.7. The molecule has 1 N–H and O–H groups in total. The van der Waals surface area contributed by atoms with Crippen molar-refractivity contribution < 1.29 is 0 Å². The van der Waals surface area contributed by atoms with E-state index in [1.807, 2.05) is 0 Å². The monoisotopic (exact) mass is 297 g/mol. The van der Waals surface area contributed by atoms with Crippen LogP contribution in [0.15, 0.2) is 0 Å². The van der Waals surface area contributed by atoms with Crippen LogP contribution in [0.2, 0.25) is 0 Å². The number of nitrogens with one attached hydrogen (secondary N) is 1. The SMILES string of the molecule is S=C(S)NCCCCCCCCCBr. The summed E-state index contributed by atoms with van der Waals surface area (Å²) in [6.07, 6.45) is 9.29. The molecule has 0 aromatic rings. The molecule has 0 radical (unpaired) electrons. The summed E-state index contributed by atoms with van der Waals surface area (Å²) in [5, 5.41) is 4.20. The van der Waals surface area contributed by atoms with E-state index < -0.39 is 0 Å². The van der Waals surface area contributed by atoms with Crippen molar-refractivity contribution in [1.82, 2.24) is 5.32 Å². The van der Waals surface area contributed by atoms with Crippen LogP contribution in [0.4, 0.5) is 0 Å². The first kappa shape index (κ1) is 14.7. The summed E-state index contributed by atoms with van der Waals surface area (Å²) >= 11 is 12.2. The van der Waals surface area contributed by atoms with E-state index in [0.717, 1.165) is 11.9 Å². The van der Waals surface area contributed by atoms with Gasteiger partial charge in [-0.15, -0.1) is 12.6 Å². The highest BCUT2D eigenvalue weighted by atomic mass is 79.9. The molecule has 84 valence electrons. The standard InChI is InChI=1S/C10H20BrNS2/c11-8-6-4-2-1-3-5-7-9-12-10(13)14/h1-9H2,(H2,12,13,14). The molecule has 0 saturated heterocycles. The molecule has 0 bridgehead atoms. The second-order valence-corrected chi connectivity index (χ2v) is 5.35. The van der Waals surface area contributed by atoms with Gasteiger partial charge in [-0.05, 0) is 12.8 Å². The molecule has 0 aromatic heterocycles. The molecule has 0 aliphatic rings. The summed E-state index contributed by atoms with van der Waals surface area (Å²) in [4.78, 5) is 0. The van der Waals surface area contributed by atoms with Crippen molar-refractivity contribution in [2.45, 2.75) is 44.9 Å². The minimum Gasteiger partial charge on any atom is -0.371 e. The van der Waals surface area contributed by atoms with Gasteiger partial charge in [0.15, 0.2) is 0 Å². The predicted molar refractivity (Wildman–Crippen MR) is 75.7 cm³/mol. The number of halogens is 1. The van der Waals surface area contributed by atoms with Gasteiger partial charge in [0.05, 0.1) is 0 Å². The largest absolute Gasteiger partial charge is 0.371 e. The van der Waals surface area contributed by atoms with Gasteiger partial charge in [0, 0.05) is 11.9 Å². The van der Waals surface area contributed by atoms with Gasteiger partial charge in [-0.1, -0.05) is 60.3 Å². The van der Waals surface area contributed by atoms with Gasteiger partial charge in [-0.3, -0.25) is 0 Å². The molecule has 0 unspecified atom stereocenters. The summed E-state index contributed by atoms with van der Waals surface area (Å²) in [6, 6.07) is 0. The average Bonchev–Trinajstić information content (AvgIpc) is 2.15. The summed E-state index contributed by atoms with van der Waals surface area (Å²) in [5.41, 5.74) is 0. The molecule has 0 heterocycles. The highest BCUT2D eigenvalue weighted by molar-refractivity contribution is 9.09. The first-order valence-electron chi connectivity index (χ1n) is 5.30. The maximum Gasteiger partial charge on any atom is 0.130 e. The van der Waals surface area contributed by atoms with Gasteiger partial charge < -0.3 is 5.32 Å². The Kier molecular flexibility index (Phi) is 12.4. The minimum absolute atomic E-state index is 0.613. The van der Waals surface area contributed by atoms with E-state index in [2.05, 4.69) is 33.9 Å². The number of thiol groups is 1. The third-order valence-corrected chi connectivity index (χ3v) is 2.95. The maximum absolute atomic E-state index is 4.79. The molecule has 0 rings (SSSR count). The predicted octanol–water partition coefficient (Wildman–Crippen LogP) is 3.92. The lowest BCUT2D eigenvalue weighted by Gasteiger charge is -2.03. The lowest BCUT2D eigenvalue weighted by Crippen LogP contribution is -2.17. The molecule has 1 nitrogen and oxygen atoms in total. The van der Waals surface area contributed by atoms with E-state index in [1.54, 1.807) is 0 Å². The Morgan fingerprint density at radius 3 is 2.00 bits per heavy atom. The zero-order chi connectivity index (χ0) is 10.6. The van der Waals surface area contributed by atoms with Gasteiger partial charge >= 0.3 is 0 Å². The highest BCUT2D eigenvalue weighted by Crippen LogP contribution is 2.07. The van der Waals surface area contributed by atoms with Crippen molar-refractivity contribution in [2.75, 3.05) is 11.9 Å². The van der Waals surface area contributed by atoms with Crippen LogP contribution < -0.4 is 5.32 Å². The number of unbranched alkanes of at least 4 members (excludes halogenated alkanes) is 6. The van der Waals surface area contributed by atoms with Crippen molar-refractivity contribution in [3.63, 3.8) is 0 Å². The number of alkyl halides is 1. The fourth-order valence-corrected chi connectivity index (χ4v) is 1.91. The summed E-state index contributed by atoms with van der Waals surface area (Å²) in [7, 11) is 0. The Bertz CT molecular complexity index is 142. The Hall–Kier alpha value is 0.720. The summed E-state index contributed by atoms with van der Waals surface area (Å²) in [6.45, 7) is 0.976. The van der Waals surface area contributed by atoms with Gasteiger partial charge in [0.2, 0.25) is 0 Å². The van der Waals surface area contributed by atoms with Crippen LogP contribution in [-0.2, 0) is 0 Å². The molecule has 0 amide bonds. The molecule has 0 saturated carbocycles. The first-order chi connectivity index (χ1) is 6.77. The quantitative estimate of drug-likeness (QED) is 0.290. The van der Waals surface area contributed by atoms with Crippen molar-refractivity contribution in [3.05, 3.63) is 0 Å². The van der Waals surface area contributed by atoms with Crippen molar-refractivity contribution in [1.29, 1.82) is 0 Å². The van der Waals surface area contributed by atoms with Crippen LogP contribution in [0, 0.1) is 0 Å². The zero-order valence-electron chi connectivity index (χ0n) is 8.60. The molecular weight excluding hydrogens is 278 g/mol. The Balaban J connectivity index is 2.88. The van der Waals surface area contributed by atoms with E-state index in [1.165, 1.54) is 44.9 Å². The van der Waals surface area contributed by atoms with Crippen LogP contribution in [0.3, 0.4) is 0 Å². The second-order valence-electron chi connectivity index (χ2n) is 3.40. The third-order valence-electron chi connectivity index (χ3n) is 2.09. The molecule has 0 aliphatic heterocycles. The lowest BCUT2D eigenvalue weighted by molar-refractivity contribution is 0.588. The van der Waals surface area contributed by atoms with Crippen LogP contribution in [0.5, 0.6) is 0 Å². The summed E-state index contributed by atoms with van der Waals surface area (Å²) in [5.74, 6) is 0. The zero-order valence-corrected chi connectivity index (χ0v) is 11.9. The van der Waals surface area contributed by atoms with Crippen LogP contribution >= 0.6 is 40.8 Å². The van der Waals surface area contributed by atoms with E-state index in [9.17, 15) is 0 Å². The molecule has 4 heteroatoms. The fraction of sp³-hybridized carbons (Fsp3) is 0.900. The maximum atomic E-state index is 4.79. The molecule has 14 heavy (non-hydrogen) atoms. The Morgan fingerprint density at radius 1 is 1.00 bits per heavy atom. The van der Waals surface area contributed by atoms with Crippen LogP contribution in [0.25, 0.3) is 0 Å². The number of hydrogen-bond donors (Lipinski definition) is 2. The number of rotatable bonds is 9. The molecular formula is C10H20BrNS2. The van der Waals surface area contributed by atoms with Crippen molar-refractivity contribution >= 4 is 45.1 Å². The van der Waals surface area contributed by atoms with Gasteiger partial charge in [-0.25, -0.2) is 0 Å². The van der Waals surface area contributed by atoms with E-state index in [-0.39, 0.29) is 0 Å². The molecule has 0 aromatic carbocycles. The number of hydrogen-bond acceptors (Lipinski definition) is 1. The lowest BCUT2D eigenvalue weighted by atomic mass is 10.1. The normalized spacial score (nSPS) is 10.1. The van der Waals surface area contributed by atoms with E-state index in [0.29, 0.717) is 4.32 Å². The van der Waals surface area contributed by atoms with Gasteiger partial charge in [-0.2, -0.15) is 0 Å². The van der Waals surface area contributed by atoms with Crippen LogP contribution in [0.1, 0.15) is 44.9 Å². The van der Waals surface area contributed by atoms with E-state index >= 15 is 0 Å². The topological polar surface area (TPSA) is 12.0 Å². The van der Waals surface area contributed by atoms with Crippen molar-refractivity contribution in [2.24, 2.45) is 0 Å². The van der Waals surface area contributed by atoms with Crippen molar-refractivity contribution in [3.8, 4) is 0 Å². The molecule has 0 fully saturated rings. The average molecular weight is 298 g/mol. The molecule has 0 atom stereocenters. The molecule has 0 spiro atoms. The highest BCUT2D eigenvalue weighted by Gasteiger charge is 1.91. The van der Waals surface area contributed by atoms with E-state index in [4.69, 9.17) is 12.2 Å². The van der Waals surface area contributed by atoms with Gasteiger partial charge in [0.1, 0.15) is 4.32 Å². The minimum atomic E-state index is 0.613.